The summed E-state index contributed by atoms with van der Waals surface area (Å²) in [5.74, 6) is -3.94. The molecule has 0 spiro atoms. The Bertz CT molecular complexity index is 517. The summed E-state index contributed by atoms with van der Waals surface area (Å²) >= 11 is 0. The molecule has 108 valence electrons. The molecule has 0 heterocycles. The van der Waals surface area contributed by atoms with Crippen molar-refractivity contribution in [1.82, 2.24) is 0 Å². The molecule has 20 heavy (non-hydrogen) atoms. The van der Waals surface area contributed by atoms with Crippen molar-refractivity contribution in [2.45, 2.75) is 25.4 Å². The molecule has 0 unspecified atom stereocenters. The van der Waals surface area contributed by atoms with E-state index in [1.54, 1.807) is 0 Å². The molecule has 0 atom stereocenters. The maximum Gasteiger partial charge on any atom is 0.450 e. The SMILES string of the molecule is O=C(CCc1ccc(C(=O)O)cc1)CC(=O)C(F)(F)F. The van der Waals surface area contributed by atoms with Crippen LogP contribution in [0.1, 0.15) is 28.8 Å². The molecule has 1 aromatic rings. The number of carbonyl (C=O) groups excluding carboxylic acids is 2. The van der Waals surface area contributed by atoms with Crippen molar-refractivity contribution in [2.24, 2.45) is 0 Å². The summed E-state index contributed by atoms with van der Waals surface area (Å²) in [7, 11) is 0. The van der Waals surface area contributed by atoms with Crippen LogP contribution >= 0.6 is 0 Å². The van der Waals surface area contributed by atoms with Gasteiger partial charge in [-0.15, -0.1) is 0 Å². The molecule has 1 N–H and O–H groups in total. The van der Waals surface area contributed by atoms with Crippen molar-refractivity contribution in [2.75, 3.05) is 0 Å². The largest absolute Gasteiger partial charge is 0.478 e. The molecule has 0 aliphatic heterocycles. The number of hydrogen-bond acceptors (Lipinski definition) is 3. The fourth-order valence-electron chi connectivity index (χ4n) is 1.47. The minimum atomic E-state index is -4.99. The highest BCUT2D eigenvalue weighted by Crippen LogP contribution is 2.18. The minimum absolute atomic E-state index is 0.0762. The Morgan fingerprint density at radius 3 is 2.05 bits per heavy atom. The number of carboxylic acids is 1. The number of aromatic carboxylic acids is 1. The van der Waals surface area contributed by atoms with Crippen molar-refractivity contribution in [3.63, 3.8) is 0 Å². The number of carboxylic acid groups (broad SMARTS) is 1. The number of halogens is 3. The number of aryl methyl sites for hydroxylation is 1. The Hall–Kier alpha value is -2.18. The van der Waals surface area contributed by atoms with Crippen LogP contribution in [0.3, 0.4) is 0 Å². The summed E-state index contributed by atoms with van der Waals surface area (Å²) in [6, 6.07) is 5.62. The lowest BCUT2D eigenvalue weighted by molar-refractivity contribution is -0.171. The van der Waals surface area contributed by atoms with E-state index in [0.29, 0.717) is 5.56 Å². The molecular formula is C13H11F3O4. The van der Waals surface area contributed by atoms with Crippen LogP contribution in [-0.4, -0.2) is 28.8 Å². The van der Waals surface area contributed by atoms with Crippen LogP contribution in [-0.2, 0) is 16.0 Å². The van der Waals surface area contributed by atoms with E-state index < -0.39 is 30.1 Å². The molecule has 0 saturated heterocycles. The number of benzene rings is 1. The summed E-state index contributed by atoms with van der Waals surface area (Å²) in [5, 5.41) is 8.67. The van der Waals surface area contributed by atoms with E-state index in [2.05, 4.69) is 0 Å². The number of rotatable bonds is 6. The van der Waals surface area contributed by atoms with Gasteiger partial charge >= 0.3 is 12.1 Å². The third-order valence-corrected chi connectivity index (χ3v) is 2.57. The molecule has 0 fully saturated rings. The Kier molecular flexibility index (Phi) is 5.01. The van der Waals surface area contributed by atoms with Crippen molar-refractivity contribution < 1.29 is 32.7 Å². The first-order valence-electron chi connectivity index (χ1n) is 5.64. The van der Waals surface area contributed by atoms with Crippen molar-refractivity contribution in [3.8, 4) is 0 Å². The Morgan fingerprint density at radius 1 is 1.05 bits per heavy atom. The van der Waals surface area contributed by atoms with Gasteiger partial charge in [0.1, 0.15) is 5.78 Å². The maximum absolute atomic E-state index is 11.9. The summed E-state index contributed by atoms with van der Waals surface area (Å²) in [6.45, 7) is 0. The Labute approximate surface area is 112 Å². The predicted molar refractivity (Wildman–Crippen MR) is 62.4 cm³/mol. The lowest BCUT2D eigenvalue weighted by Crippen LogP contribution is -2.25. The van der Waals surface area contributed by atoms with Gasteiger partial charge in [-0.25, -0.2) is 4.79 Å². The normalized spacial score (nSPS) is 11.2. The number of ketones is 2. The summed E-state index contributed by atoms with van der Waals surface area (Å²) in [4.78, 5) is 32.4. The molecule has 0 amide bonds. The molecule has 0 aromatic heterocycles. The van der Waals surface area contributed by atoms with E-state index in [-0.39, 0.29) is 18.4 Å². The van der Waals surface area contributed by atoms with Crippen molar-refractivity contribution >= 4 is 17.5 Å². The monoisotopic (exact) mass is 288 g/mol. The van der Waals surface area contributed by atoms with Gasteiger partial charge in [0.2, 0.25) is 5.78 Å². The van der Waals surface area contributed by atoms with Crippen molar-refractivity contribution in [1.29, 1.82) is 0 Å². The van der Waals surface area contributed by atoms with E-state index >= 15 is 0 Å². The second-order valence-corrected chi connectivity index (χ2v) is 4.14. The lowest BCUT2D eigenvalue weighted by Gasteiger charge is -2.05. The molecule has 7 heteroatoms. The van der Waals surface area contributed by atoms with E-state index in [0.717, 1.165) is 0 Å². The van der Waals surface area contributed by atoms with E-state index in [9.17, 15) is 27.6 Å². The van der Waals surface area contributed by atoms with E-state index in [1.165, 1.54) is 24.3 Å². The molecule has 0 saturated carbocycles. The number of Topliss-reactive ketones (excluding diaryl/α,β-unsaturated/α-hetero) is 2. The van der Waals surface area contributed by atoms with E-state index in [4.69, 9.17) is 5.11 Å². The average molecular weight is 288 g/mol. The second-order valence-electron chi connectivity index (χ2n) is 4.14. The van der Waals surface area contributed by atoms with Crippen LogP contribution in [0.4, 0.5) is 13.2 Å². The Morgan fingerprint density at radius 2 is 1.60 bits per heavy atom. The van der Waals surface area contributed by atoms with E-state index in [1.807, 2.05) is 0 Å². The maximum atomic E-state index is 11.9. The summed E-state index contributed by atoms with van der Waals surface area (Å²) < 4.78 is 35.8. The molecule has 0 bridgehead atoms. The van der Waals surface area contributed by atoms with Gasteiger partial charge in [0.25, 0.3) is 0 Å². The van der Waals surface area contributed by atoms with Gasteiger partial charge in [0.05, 0.1) is 12.0 Å². The standard InChI is InChI=1S/C13H11F3O4/c14-13(15,16)11(18)7-10(17)6-3-8-1-4-9(5-2-8)12(19)20/h1-2,4-5H,3,6-7H2,(H,19,20). The van der Waals surface area contributed by atoms with Crippen LogP contribution in [0.25, 0.3) is 0 Å². The van der Waals surface area contributed by atoms with Crippen molar-refractivity contribution in [3.05, 3.63) is 35.4 Å². The minimum Gasteiger partial charge on any atom is -0.478 e. The molecule has 0 aliphatic rings. The summed E-state index contributed by atoms with van der Waals surface area (Å²) in [6.07, 6.45) is -6.19. The molecule has 1 aromatic carbocycles. The summed E-state index contributed by atoms with van der Waals surface area (Å²) in [5.41, 5.74) is 0.690. The highest BCUT2D eigenvalue weighted by atomic mass is 19.4. The van der Waals surface area contributed by atoms with Gasteiger partial charge in [-0.2, -0.15) is 13.2 Å². The van der Waals surface area contributed by atoms with Gasteiger partial charge in [-0.05, 0) is 24.1 Å². The predicted octanol–water partition coefficient (Wildman–Crippen LogP) is 2.41. The quantitative estimate of drug-likeness (QED) is 0.816. The van der Waals surface area contributed by atoms with Crippen LogP contribution in [0.15, 0.2) is 24.3 Å². The topological polar surface area (TPSA) is 71.4 Å². The average Bonchev–Trinajstić information content (AvgIpc) is 2.35. The first-order chi connectivity index (χ1) is 9.20. The Balaban J connectivity index is 2.49. The zero-order valence-electron chi connectivity index (χ0n) is 10.2. The third-order valence-electron chi connectivity index (χ3n) is 2.57. The molecule has 0 radical (unpaired) electrons. The fraction of sp³-hybridized carbons (Fsp3) is 0.308. The zero-order chi connectivity index (χ0) is 15.3. The van der Waals surface area contributed by atoms with Gasteiger partial charge in [-0.1, -0.05) is 12.1 Å². The second kappa shape index (κ2) is 6.31. The molecular weight excluding hydrogens is 277 g/mol. The number of carbonyl (C=O) groups is 3. The van der Waals surface area contributed by atoms with Crippen LogP contribution in [0.2, 0.25) is 0 Å². The van der Waals surface area contributed by atoms with Crippen LogP contribution in [0, 0.1) is 0 Å². The number of hydrogen-bond donors (Lipinski definition) is 1. The third kappa shape index (κ3) is 4.83. The van der Waals surface area contributed by atoms with Gasteiger partial charge in [0.15, 0.2) is 0 Å². The smallest absolute Gasteiger partial charge is 0.450 e. The molecule has 1 rings (SSSR count). The number of alkyl halides is 3. The highest BCUT2D eigenvalue weighted by molar-refractivity contribution is 6.01. The van der Waals surface area contributed by atoms with Crippen LogP contribution < -0.4 is 0 Å². The lowest BCUT2D eigenvalue weighted by atomic mass is 10.0. The first kappa shape index (κ1) is 15.9. The van der Waals surface area contributed by atoms with Gasteiger partial charge in [0, 0.05) is 6.42 Å². The highest BCUT2D eigenvalue weighted by Gasteiger charge is 2.38. The molecule has 4 nitrogen and oxygen atoms in total. The van der Waals surface area contributed by atoms with Crippen LogP contribution in [0.5, 0.6) is 0 Å². The van der Waals surface area contributed by atoms with Gasteiger partial charge in [-0.3, -0.25) is 9.59 Å². The van der Waals surface area contributed by atoms with Gasteiger partial charge < -0.3 is 5.11 Å². The fourth-order valence-corrected chi connectivity index (χ4v) is 1.47. The first-order valence-corrected chi connectivity index (χ1v) is 5.64. The zero-order valence-corrected chi connectivity index (χ0v) is 10.2. The molecule has 0 aliphatic carbocycles.